The standard InChI is InChI=1S/C51H97NO7/c1-6-10-20-29-45(30-21-11-7-2)38-41-56-49(53)36-26-18-14-16-24-33-47(59-51(55)44-58-48-35-28-40-52(5)43-48)34-25-17-15-19-27-37-50(54)57-42-39-46(31-22-12-8-3)32-23-13-9-4/h45-48H,6-44H2,1-5H3. The zero-order valence-corrected chi connectivity index (χ0v) is 39.7. The first-order valence-corrected chi connectivity index (χ1v) is 25.6. The predicted molar refractivity (Wildman–Crippen MR) is 246 cm³/mol. The third kappa shape index (κ3) is 34.6. The van der Waals surface area contributed by atoms with Gasteiger partial charge in [-0.25, -0.2) is 4.79 Å². The Morgan fingerprint density at radius 2 is 0.915 bits per heavy atom. The number of carbonyl (C=O) groups is 3. The molecule has 0 aromatic carbocycles. The summed E-state index contributed by atoms with van der Waals surface area (Å²) < 4.78 is 23.3. The number of piperidine rings is 1. The molecule has 59 heavy (non-hydrogen) atoms. The molecule has 8 heteroatoms. The number of carbonyl (C=O) groups excluding carboxylic acids is 3. The van der Waals surface area contributed by atoms with E-state index in [1.807, 2.05) is 0 Å². The number of hydrogen-bond acceptors (Lipinski definition) is 8. The molecule has 0 bridgehead atoms. The van der Waals surface area contributed by atoms with Gasteiger partial charge in [-0.05, 0) is 89.6 Å². The lowest BCUT2D eigenvalue weighted by Crippen LogP contribution is -2.38. The van der Waals surface area contributed by atoms with Gasteiger partial charge in [0, 0.05) is 19.4 Å². The van der Waals surface area contributed by atoms with E-state index in [0.29, 0.717) is 37.9 Å². The molecule has 1 rings (SSSR count). The first-order chi connectivity index (χ1) is 28.8. The SMILES string of the molecule is CCCCCC(CCCCC)CCOC(=O)CCCCCCCC(CCCCCCCC(=O)OCCC(CCCCC)CCCCC)OC(=O)COC1CCCN(C)C1. The van der Waals surface area contributed by atoms with E-state index in [-0.39, 0.29) is 36.7 Å². The molecule has 0 aromatic heterocycles. The molecule has 1 saturated heterocycles. The molecule has 8 nitrogen and oxygen atoms in total. The quantitative estimate of drug-likeness (QED) is 0.0341. The monoisotopic (exact) mass is 836 g/mol. The first kappa shape index (κ1) is 55.3. The van der Waals surface area contributed by atoms with Crippen LogP contribution in [0.3, 0.4) is 0 Å². The van der Waals surface area contributed by atoms with Gasteiger partial charge < -0.3 is 23.8 Å². The lowest BCUT2D eigenvalue weighted by molar-refractivity contribution is -0.158. The van der Waals surface area contributed by atoms with Crippen molar-refractivity contribution in [2.24, 2.45) is 11.8 Å². The Kier molecular flexibility index (Phi) is 37.9. The van der Waals surface area contributed by atoms with Crippen LogP contribution >= 0.6 is 0 Å². The molecule has 1 heterocycles. The van der Waals surface area contributed by atoms with Gasteiger partial charge in [0.1, 0.15) is 12.7 Å². The minimum Gasteiger partial charge on any atom is -0.466 e. The molecule has 0 aliphatic carbocycles. The number of rotatable bonds is 42. The van der Waals surface area contributed by atoms with Crippen LogP contribution in [-0.2, 0) is 33.3 Å². The highest BCUT2D eigenvalue weighted by atomic mass is 16.6. The predicted octanol–water partition coefficient (Wildman–Crippen LogP) is 13.9. The van der Waals surface area contributed by atoms with Crippen LogP contribution in [0.4, 0.5) is 0 Å². The molecular weight excluding hydrogens is 739 g/mol. The normalized spacial score (nSPS) is 14.7. The first-order valence-electron chi connectivity index (χ1n) is 25.6. The van der Waals surface area contributed by atoms with E-state index in [9.17, 15) is 14.4 Å². The summed E-state index contributed by atoms with van der Waals surface area (Å²) in [6.45, 7) is 12.1. The Morgan fingerprint density at radius 3 is 1.34 bits per heavy atom. The molecule has 348 valence electrons. The summed E-state index contributed by atoms with van der Waals surface area (Å²) in [5.74, 6) is 1.03. The van der Waals surface area contributed by atoms with Crippen molar-refractivity contribution in [3.63, 3.8) is 0 Å². The van der Waals surface area contributed by atoms with Crippen molar-refractivity contribution in [2.75, 3.05) is 40.0 Å². The molecule has 1 atom stereocenters. The fourth-order valence-corrected chi connectivity index (χ4v) is 8.69. The molecule has 0 aromatic rings. The van der Waals surface area contributed by atoms with Gasteiger partial charge in [0.15, 0.2) is 0 Å². The molecule has 1 fully saturated rings. The highest BCUT2D eigenvalue weighted by molar-refractivity contribution is 5.71. The zero-order valence-electron chi connectivity index (χ0n) is 39.7. The Hall–Kier alpha value is -1.67. The Labute approximate surface area is 365 Å². The van der Waals surface area contributed by atoms with Gasteiger partial charge in [-0.15, -0.1) is 0 Å². The van der Waals surface area contributed by atoms with Gasteiger partial charge in [-0.1, -0.05) is 169 Å². The molecule has 0 spiro atoms. The third-order valence-electron chi connectivity index (χ3n) is 12.6. The van der Waals surface area contributed by atoms with Crippen molar-refractivity contribution in [3.8, 4) is 0 Å². The van der Waals surface area contributed by atoms with Crippen LogP contribution in [0.5, 0.6) is 0 Å². The average molecular weight is 836 g/mol. The molecule has 0 N–H and O–H groups in total. The maximum atomic E-state index is 12.9. The molecule has 1 unspecified atom stereocenters. The van der Waals surface area contributed by atoms with Crippen LogP contribution in [0.1, 0.15) is 246 Å². The van der Waals surface area contributed by atoms with E-state index in [1.54, 1.807) is 0 Å². The molecule has 1 aliphatic heterocycles. The maximum Gasteiger partial charge on any atom is 0.332 e. The van der Waals surface area contributed by atoms with Gasteiger partial charge in [-0.3, -0.25) is 9.59 Å². The summed E-state index contributed by atoms with van der Waals surface area (Å²) >= 11 is 0. The molecule has 1 aliphatic rings. The number of likely N-dealkylation sites (N-methyl/N-ethyl adjacent to an activating group) is 1. The van der Waals surface area contributed by atoms with Gasteiger partial charge in [0.25, 0.3) is 0 Å². The zero-order chi connectivity index (χ0) is 43.0. The molecular formula is C51H97NO7. The van der Waals surface area contributed by atoms with Gasteiger partial charge in [0.05, 0.1) is 19.3 Å². The number of ether oxygens (including phenoxy) is 4. The summed E-state index contributed by atoms with van der Waals surface area (Å²) in [7, 11) is 2.10. The number of hydrogen-bond donors (Lipinski definition) is 0. The van der Waals surface area contributed by atoms with Crippen LogP contribution in [-0.4, -0.2) is 75.0 Å². The third-order valence-corrected chi connectivity index (χ3v) is 12.6. The van der Waals surface area contributed by atoms with Crippen LogP contribution in [0, 0.1) is 11.8 Å². The number of nitrogens with zero attached hydrogens (tertiary/aromatic N) is 1. The summed E-state index contributed by atoms with van der Waals surface area (Å²) in [6.07, 6.45) is 37.3. The minimum atomic E-state index is -0.248. The van der Waals surface area contributed by atoms with E-state index in [0.717, 1.165) is 116 Å². The number of unbranched alkanes of at least 4 members (excludes halogenated alkanes) is 16. The number of esters is 3. The second-order valence-electron chi connectivity index (χ2n) is 18.3. The van der Waals surface area contributed by atoms with Crippen LogP contribution in [0.2, 0.25) is 0 Å². The summed E-state index contributed by atoms with van der Waals surface area (Å²) in [4.78, 5) is 40.0. The molecule has 0 amide bonds. The Morgan fingerprint density at radius 1 is 0.508 bits per heavy atom. The van der Waals surface area contributed by atoms with E-state index < -0.39 is 0 Å². The van der Waals surface area contributed by atoms with Crippen LogP contribution in [0.25, 0.3) is 0 Å². The largest absolute Gasteiger partial charge is 0.466 e. The average Bonchev–Trinajstić information content (AvgIpc) is 3.22. The summed E-state index contributed by atoms with van der Waals surface area (Å²) in [6, 6.07) is 0. The number of likely N-dealkylation sites (tertiary alicyclic amines) is 1. The van der Waals surface area contributed by atoms with E-state index >= 15 is 0 Å². The van der Waals surface area contributed by atoms with Crippen molar-refractivity contribution < 1.29 is 33.3 Å². The second kappa shape index (κ2) is 40.4. The van der Waals surface area contributed by atoms with E-state index in [1.165, 1.54) is 103 Å². The van der Waals surface area contributed by atoms with Gasteiger partial charge >= 0.3 is 17.9 Å². The van der Waals surface area contributed by atoms with Crippen molar-refractivity contribution in [1.29, 1.82) is 0 Å². The van der Waals surface area contributed by atoms with Gasteiger partial charge in [-0.2, -0.15) is 0 Å². The highest BCUT2D eigenvalue weighted by Crippen LogP contribution is 2.23. The van der Waals surface area contributed by atoms with Crippen molar-refractivity contribution in [2.45, 2.75) is 258 Å². The second-order valence-corrected chi connectivity index (χ2v) is 18.3. The van der Waals surface area contributed by atoms with Crippen molar-refractivity contribution in [3.05, 3.63) is 0 Å². The highest BCUT2D eigenvalue weighted by Gasteiger charge is 2.21. The smallest absolute Gasteiger partial charge is 0.332 e. The molecule has 0 saturated carbocycles. The van der Waals surface area contributed by atoms with Crippen molar-refractivity contribution in [1.82, 2.24) is 4.90 Å². The minimum absolute atomic E-state index is 0.0257. The van der Waals surface area contributed by atoms with Gasteiger partial charge in [0.2, 0.25) is 0 Å². The lowest BCUT2D eigenvalue weighted by Gasteiger charge is -2.29. The molecule has 0 radical (unpaired) electrons. The lowest BCUT2D eigenvalue weighted by atomic mass is 9.92. The maximum absolute atomic E-state index is 12.9. The fourth-order valence-electron chi connectivity index (χ4n) is 8.69. The fraction of sp³-hybridized carbons (Fsp3) is 0.941. The summed E-state index contributed by atoms with van der Waals surface area (Å²) in [5.41, 5.74) is 0. The summed E-state index contributed by atoms with van der Waals surface area (Å²) in [5, 5.41) is 0. The Bertz CT molecular complexity index is 900. The van der Waals surface area contributed by atoms with Crippen molar-refractivity contribution >= 4 is 17.9 Å². The Balaban J connectivity index is 2.34. The van der Waals surface area contributed by atoms with Crippen LogP contribution in [0.15, 0.2) is 0 Å². The van der Waals surface area contributed by atoms with E-state index in [4.69, 9.17) is 18.9 Å². The van der Waals surface area contributed by atoms with Crippen LogP contribution < -0.4 is 0 Å². The van der Waals surface area contributed by atoms with E-state index in [2.05, 4.69) is 39.6 Å². The topological polar surface area (TPSA) is 91.4 Å².